The van der Waals surface area contributed by atoms with Crippen LogP contribution in [0.5, 0.6) is 11.5 Å². The minimum absolute atomic E-state index is 0.0234. The van der Waals surface area contributed by atoms with Crippen molar-refractivity contribution in [3.8, 4) is 22.8 Å². The molecule has 4 aliphatic rings. The summed E-state index contributed by atoms with van der Waals surface area (Å²) < 4.78 is 26.9. The van der Waals surface area contributed by atoms with Gasteiger partial charge in [0, 0.05) is 38.8 Å². The van der Waals surface area contributed by atoms with E-state index in [9.17, 15) is 14.3 Å². The number of piperidine rings is 1. The van der Waals surface area contributed by atoms with Crippen molar-refractivity contribution in [3.05, 3.63) is 34.6 Å². The molecular weight excluding hydrogens is 499 g/mol. The maximum atomic E-state index is 14.9. The van der Waals surface area contributed by atoms with Gasteiger partial charge in [0.15, 0.2) is 0 Å². The van der Waals surface area contributed by atoms with Crippen molar-refractivity contribution in [2.75, 3.05) is 37.7 Å². The van der Waals surface area contributed by atoms with E-state index in [1.54, 1.807) is 4.90 Å². The zero-order valence-corrected chi connectivity index (χ0v) is 22.1. The van der Waals surface area contributed by atoms with Gasteiger partial charge in [0.25, 0.3) is 0 Å². The number of aromatic hydroxyl groups is 1. The van der Waals surface area contributed by atoms with Crippen LogP contribution < -0.4 is 9.64 Å². The fraction of sp³-hybridized carbons (Fsp3) is 0.556. The summed E-state index contributed by atoms with van der Waals surface area (Å²) in [7, 11) is 0. The van der Waals surface area contributed by atoms with Crippen LogP contribution in [0.4, 0.5) is 15.0 Å². The summed E-state index contributed by atoms with van der Waals surface area (Å²) in [4.78, 5) is 24.0. The molecule has 1 saturated carbocycles. The van der Waals surface area contributed by atoms with Gasteiger partial charge in [-0.25, -0.2) is 14.2 Å². The first-order valence-corrected chi connectivity index (χ1v) is 13.3. The Morgan fingerprint density at radius 2 is 2.08 bits per heavy atom. The smallest absolute Gasteiger partial charge is 0.410 e. The van der Waals surface area contributed by atoms with Crippen LogP contribution in [0.1, 0.15) is 39.2 Å². The number of phenols is 1. The van der Waals surface area contributed by atoms with Gasteiger partial charge in [0.1, 0.15) is 46.1 Å². The van der Waals surface area contributed by atoms with Crippen molar-refractivity contribution in [1.82, 2.24) is 14.8 Å². The van der Waals surface area contributed by atoms with Crippen molar-refractivity contribution in [3.63, 3.8) is 0 Å². The van der Waals surface area contributed by atoms with Gasteiger partial charge in [-0.1, -0.05) is 17.7 Å². The molecule has 0 spiro atoms. The number of hydrogen-bond donors (Lipinski definition) is 1. The van der Waals surface area contributed by atoms with Crippen LogP contribution in [0.3, 0.4) is 0 Å². The molecule has 1 N–H and O–H groups in total. The molecule has 8 nitrogen and oxygen atoms in total. The molecule has 1 aromatic carbocycles. The highest BCUT2D eigenvalue weighted by molar-refractivity contribution is 6.35. The second-order valence-electron chi connectivity index (χ2n) is 11.4. The topological polar surface area (TPSA) is 78.4 Å². The van der Waals surface area contributed by atoms with E-state index in [4.69, 9.17) is 26.1 Å². The molecule has 1 amide bonds. The summed E-state index contributed by atoms with van der Waals surface area (Å²) in [5.74, 6) is 1.08. The maximum absolute atomic E-state index is 14.9. The van der Waals surface area contributed by atoms with Gasteiger partial charge in [-0.15, -0.1) is 0 Å². The lowest BCUT2D eigenvalue weighted by molar-refractivity contribution is -0.00154. The van der Waals surface area contributed by atoms with E-state index in [2.05, 4.69) is 9.80 Å². The van der Waals surface area contributed by atoms with E-state index in [0.717, 1.165) is 30.8 Å². The number of pyridine rings is 1. The van der Waals surface area contributed by atoms with Crippen molar-refractivity contribution in [2.45, 2.75) is 57.8 Å². The van der Waals surface area contributed by atoms with Crippen LogP contribution >= 0.6 is 11.6 Å². The number of halogens is 2. The zero-order chi connectivity index (χ0) is 26.1. The van der Waals surface area contributed by atoms with Crippen molar-refractivity contribution in [2.24, 2.45) is 5.92 Å². The molecule has 0 bridgehead atoms. The van der Waals surface area contributed by atoms with Crippen molar-refractivity contribution in [1.29, 1.82) is 0 Å². The quantitative estimate of drug-likeness (QED) is 0.605. The summed E-state index contributed by atoms with van der Waals surface area (Å²) in [6.07, 6.45) is 1.89. The Hall–Kier alpha value is -2.78. The Kier molecular flexibility index (Phi) is 5.91. The second kappa shape index (κ2) is 8.91. The number of amides is 1. The number of aromatic nitrogens is 1. The van der Waals surface area contributed by atoms with E-state index in [-0.39, 0.29) is 34.2 Å². The lowest BCUT2D eigenvalue weighted by atomic mass is 10.1. The Bertz CT molecular complexity index is 1230. The molecule has 2 aromatic rings. The molecule has 10 heteroatoms. The van der Waals surface area contributed by atoms with Crippen molar-refractivity contribution >= 4 is 23.5 Å². The number of hydrogen-bond acceptors (Lipinski definition) is 7. The first-order valence-electron chi connectivity index (χ1n) is 12.9. The lowest BCUT2D eigenvalue weighted by Crippen LogP contribution is -2.56. The molecule has 37 heavy (non-hydrogen) atoms. The molecule has 1 aliphatic carbocycles. The number of ether oxygens (including phenoxy) is 2. The van der Waals surface area contributed by atoms with Crippen LogP contribution in [0.25, 0.3) is 11.3 Å². The first-order chi connectivity index (χ1) is 17.6. The largest absolute Gasteiger partial charge is 0.507 e. The third-order valence-corrected chi connectivity index (χ3v) is 8.08. The standard InChI is InChI=1S/C27H32ClFN4O4/c1-27(2,3)37-26(35)32-10-9-31-13-17-24(36-14-16(31)12-32)22(28)23(21-18(29)5-4-6-20(21)34)30-25(17)33-8-7-15-11-19(15)33/h4-6,15-16,19,34H,7-14H2,1-3H3/t15?,16-,19?/m1/s1. The fourth-order valence-corrected chi connectivity index (χ4v) is 6.10. The van der Waals surface area contributed by atoms with E-state index in [1.807, 2.05) is 20.8 Å². The highest BCUT2D eigenvalue weighted by atomic mass is 35.5. The number of phenolic OH excluding ortho intramolecular Hbond substituents is 1. The van der Waals surface area contributed by atoms with Crippen LogP contribution in [-0.4, -0.2) is 76.5 Å². The number of anilines is 1. The second-order valence-corrected chi connectivity index (χ2v) is 11.8. The van der Waals surface area contributed by atoms with E-state index < -0.39 is 11.4 Å². The zero-order valence-electron chi connectivity index (χ0n) is 21.3. The van der Waals surface area contributed by atoms with Crippen LogP contribution in [0.15, 0.2) is 18.2 Å². The fourth-order valence-electron chi connectivity index (χ4n) is 5.80. The predicted octanol–water partition coefficient (Wildman–Crippen LogP) is 4.66. The van der Waals surface area contributed by atoms with Crippen LogP contribution in [0, 0.1) is 11.7 Å². The third-order valence-electron chi connectivity index (χ3n) is 7.73. The number of carbonyl (C=O) groups excluding carboxylic acids is 1. The normalized spacial score (nSPS) is 25.1. The molecule has 4 heterocycles. The van der Waals surface area contributed by atoms with Gasteiger partial charge in [-0.05, 0) is 51.7 Å². The van der Waals surface area contributed by atoms with E-state index >= 15 is 0 Å². The average molecular weight is 531 g/mol. The van der Waals surface area contributed by atoms with Gasteiger partial charge in [-0.2, -0.15) is 0 Å². The molecule has 198 valence electrons. The predicted molar refractivity (Wildman–Crippen MR) is 138 cm³/mol. The van der Waals surface area contributed by atoms with Crippen LogP contribution in [0.2, 0.25) is 5.02 Å². The molecule has 3 fully saturated rings. The molecular formula is C27H32ClFN4O4. The Morgan fingerprint density at radius 1 is 1.27 bits per heavy atom. The number of fused-ring (bicyclic) bond motifs is 3. The molecule has 3 atom stereocenters. The Morgan fingerprint density at radius 3 is 2.76 bits per heavy atom. The highest BCUT2D eigenvalue weighted by Crippen LogP contribution is 2.51. The maximum Gasteiger partial charge on any atom is 0.410 e. The molecule has 3 aliphatic heterocycles. The van der Waals surface area contributed by atoms with Gasteiger partial charge < -0.3 is 24.4 Å². The number of carbonyl (C=O) groups is 1. The van der Waals surface area contributed by atoms with E-state index in [0.29, 0.717) is 50.5 Å². The summed E-state index contributed by atoms with van der Waals surface area (Å²) in [6, 6.07) is 4.53. The van der Waals surface area contributed by atoms with Gasteiger partial charge in [0.2, 0.25) is 0 Å². The third kappa shape index (κ3) is 4.46. The number of benzene rings is 1. The lowest BCUT2D eigenvalue weighted by Gasteiger charge is -2.40. The Labute approximate surface area is 220 Å². The monoisotopic (exact) mass is 530 g/mol. The molecule has 2 unspecified atom stereocenters. The Balaban J connectivity index is 1.37. The summed E-state index contributed by atoms with van der Waals surface area (Å²) in [5.41, 5.74) is 0.476. The van der Waals surface area contributed by atoms with E-state index in [1.165, 1.54) is 18.2 Å². The van der Waals surface area contributed by atoms with Gasteiger partial charge >= 0.3 is 6.09 Å². The minimum atomic E-state index is -0.593. The first kappa shape index (κ1) is 24.6. The molecule has 6 rings (SSSR count). The summed E-state index contributed by atoms with van der Waals surface area (Å²) >= 11 is 6.87. The van der Waals surface area contributed by atoms with Gasteiger partial charge in [-0.3, -0.25) is 4.90 Å². The van der Waals surface area contributed by atoms with Crippen molar-refractivity contribution < 1.29 is 23.8 Å². The number of nitrogens with zero attached hydrogens (tertiary/aromatic N) is 4. The summed E-state index contributed by atoms with van der Waals surface area (Å²) in [6.45, 7) is 8.99. The SMILES string of the molecule is CC(C)(C)OC(=O)N1CCN2Cc3c(N4CCC5CC54)nc(-c4c(O)cccc4F)c(Cl)c3OC[C@H]2C1. The van der Waals surface area contributed by atoms with Gasteiger partial charge in [0.05, 0.1) is 17.2 Å². The minimum Gasteiger partial charge on any atom is -0.507 e. The highest BCUT2D eigenvalue weighted by Gasteiger charge is 2.49. The summed E-state index contributed by atoms with van der Waals surface area (Å²) in [5, 5.41) is 10.7. The molecule has 1 aromatic heterocycles. The number of piperazine rings is 1. The van der Waals surface area contributed by atoms with Crippen LogP contribution in [-0.2, 0) is 11.3 Å². The molecule has 2 saturated heterocycles. The number of rotatable bonds is 2. The average Bonchev–Trinajstić information content (AvgIpc) is 3.53. The molecule has 0 radical (unpaired) electrons.